The van der Waals surface area contributed by atoms with E-state index < -0.39 is 7.26 Å². The van der Waals surface area contributed by atoms with Crippen molar-refractivity contribution in [1.29, 1.82) is 0 Å². The van der Waals surface area contributed by atoms with E-state index in [1.165, 1.54) is 15.9 Å². The number of rotatable bonds is 7. The molecule has 1 amide bonds. The molecule has 0 saturated carbocycles. The van der Waals surface area contributed by atoms with E-state index in [-0.39, 0.29) is 18.3 Å². The molecule has 4 aromatic rings. The molecule has 0 bridgehead atoms. The highest BCUT2D eigenvalue weighted by molar-refractivity contribution is 7.96. The lowest BCUT2D eigenvalue weighted by molar-refractivity contribution is -0.118. The lowest BCUT2D eigenvalue weighted by atomic mass is 10.2. The molecule has 2 nitrogen and oxygen atoms in total. The molecule has 1 N–H and O–H groups in total. The SMILES string of the molecule is O=C(C[P+](c1ccccc1)(c1ccccc1)c1ccccc1)NCc1ccccc1.[Cl-]. The summed E-state index contributed by atoms with van der Waals surface area (Å²) in [4.78, 5) is 13.3. The molecule has 0 spiro atoms. The second-order valence-electron chi connectivity index (χ2n) is 7.24. The van der Waals surface area contributed by atoms with Crippen LogP contribution in [0.3, 0.4) is 0 Å². The first kappa shape index (κ1) is 22.7. The van der Waals surface area contributed by atoms with Gasteiger partial charge in [0.25, 0.3) is 5.91 Å². The van der Waals surface area contributed by atoms with E-state index in [4.69, 9.17) is 0 Å². The molecule has 4 rings (SSSR count). The summed E-state index contributed by atoms with van der Waals surface area (Å²) in [6.07, 6.45) is 0.442. The monoisotopic (exact) mass is 445 g/mol. The Morgan fingerprint density at radius 2 is 0.935 bits per heavy atom. The van der Waals surface area contributed by atoms with Gasteiger partial charge in [-0.2, -0.15) is 0 Å². The quantitative estimate of drug-likeness (QED) is 0.427. The standard InChI is InChI=1S/C27H24NOP.ClH/c29-27(28-21-23-13-5-1-6-14-23)22-30(24-15-7-2-8-16-24,25-17-9-3-10-18-25)26-19-11-4-12-20-26;/h1-20H,21-22H2;1H. The maximum absolute atomic E-state index is 13.3. The molecule has 31 heavy (non-hydrogen) atoms. The fourth-order valence-corrected chi connectivity index (χ4v) is 7.86. The molecule has 0 unspecified atom stereocenters. The van der Waals surface area contributed by atoms with Crippen molar-refractivity contribution in [1.82, 2.24) is 5.32 Å². The van der Waals surface area contributed by atoms with E-state index in [2.05, 4.69) is 78.1 Å². The summed E-state index contributed by atoms with van der Waals surface area (Å²) in [5, 5.41) is 6.81. The molecule has 4 heteroatoms. The maximum atomic E-state index is 13.3. The van der Waals surface area contributed by atoms with Crippen LogP contribution in [0, 0.1) is 0 Å². The summed E-state index contributed by atoms with van der Waals surface area (Å²) in [5.74, 6) is 0.0729. The highest BCUT2D eigenvalue weighted by atomic mass is 35.5. The Bertz CT molecular complexity index is 977. The first-order chi connectivity index (χ1) is 14.8. The summed E-state index contributed by atoms with van der Waals surface area (Å²) in [6.45, 7) is 0.540. The average Bonchev–Trinajstić information content (AvgIpc) is 2.83. The van der Waals surface area contributed by atoms with Gasteiger partial charge in [-0.1, -0.05) is 84.9 Å². The highest BCUT2D eigenvalue weighted by Crippen LogP contribution is 2.54. The second kappa shape index (κ2) is 10.9. The Morgan fingerprint density at radius 1 is 0.581 bits per heavy atom. The van der Waals surface area contributed by atoms with Crippen LogP contribution in [-0.2, 0) is 11.3 Å². The summed E-state index contributed by atoms with van der Waals surface area (Å²) in [5.41, 5.74) is 1.11. The molecule has 0 saturated heterocycles. The molecular formula is C27H25ClNOP. The molecule has 0 fully saturated rings. The third-order valence-corrected chi connectivity index (χ3v) is 9.60. The normalized spacial score (nSPS) is 10.7. The van der Waals surface area contributed by atoms with Crippen molar-refractivity contribution in [2.75, 3.05) is 6.16 Å². The fraction of sp³-hybridized carbons (Fsp3) is 0.0741. The lowest BCUT2D eigenvalue weighted by Crippen LogP contribution is -3.00. The summed E-state index contributed by atoms with van der Waals surface area (Å²) >= 11 is 0. The van der Waals surface area contributed by atoms with Crippen LogP contribution in [0.25, 0.3) is 0 Å². The number of nitrogens with one attached hydrogen (secondary N) is 1. The third kappa shape index (κ3) is 5.22. The van der Waals surface area contributed by atoms with Crippen molar-refractivity contribution in [2.24, 2.45) is 0 Å². The topological polar surface area (TPSA) is 29.1 Å². The molecule has 156 valence electrons. The Kier molecular flexibility index (Phi) is 8.00. The maximum Gasteiger partial charge on any atom is 0.259 e. The largest absolute Gasteiger partial charge is 1.00 e. The Balaban J connectivity index is 0.00000272. The van der Waals surface area contributed by atoms with E-state index >= 15 is 0 Å². The van der Waals surface area contributed by atoms with Crippen molar-refractivity contribution in [3.8, 4) is 0 Å². The summed E-state index contributed by atoms with van der Waals surface area (Å²) < 4.78 is 0. The van der Waals surface area contributed by atoms with Crippen LogP contribution in [0.4, 0.5) is 0 Å². The summed E-state index contributed by atoms with van der Waals surface area (Å²) in [6, 6.07) is 41.5. The molecule has 0 aliphatic heterocycles. The molecule has 0 heterocycles. The number of hydrogen-bond donors (Lipinski definition) is 1. The Morgan fingerprint density at radius 3 is 1.32 bits per heavy atom. The zero-order chi connectivity index (χ0) is 20.7. The minimum atomic E-state index is -2.14. The number of hydrogen-bond acceptors (Lipinski definition) is 1. The van der Waals surface area contributed by atoms with Crippen LogP contribution in [-0.4, -0.2) is 12.1 Å². The van der Waals surface area contributed by atoms with E-state index in [1.54, 1.807) is 0 Å². The molecule has 0 atom stereocenters. The molecular weight excluding hydrogens is 421 g/mol. The van der Waals surface area contributed by atoms with Crippen LogP contribution in [0.1, 0.15) is 5.56 Å². The van der Waals surface area contributed by atoms with E-state index in [0.29, 0.717) is 12.7 Å². The minimum absolute atomic E-state index is 0. The van der Waals surface area contributed by atoms with Gasteiger partial charge in [-0.3, -0.25) is 4.79 Å². The number of carbonyl (C=O) groups excluding carboxylic acids is 1. The van der Waals surface area contributed by atoms with Crippen molar-refractivity contribution < 1.29 is 17.2 Å². The van der Waals surface area contributed by atoms with Gasteiger partial charge in [0, 0.05) is 6.54 Å². The van der Waals surface area contributed by atoms with Crippen LogP contribution in [0.5, 0.6) is 0 Å². The first-order valence-electron chi connectivity index (χ1n) is 10.1. The van der Waals surface area contributed by atoms with Crippen molar-refractivity contribution in [3.05, 3.63) is 127 Å². The first-order valence-corrected chi connectivity index (χ1v) is 12.1. The number of amides is 1. The summed E-state index contributed by atoms with van der Waals surface area (Å²) in [7, 11) is -2.14. The van der Waals surface area contributed by atoms with Gasteiger partial charge in [-0.05, 0) is 42.0 Å². The van der Waals surface area contributed by atoms with Gasteiger partial charge in [0.15, 0.2) is 6.16 Å². The Labute approximate surface area is 191 Å². The van der Waals surface area contributed by atoms with Crippen molar-refractivity contribution >= 4 is 29.1 Å². The lowest BCUT2D eigenvalue weighted by Gasteiger charge is -2.27. The molecule has 0 radical (unpaired) electrons. The minimum Gasteiger partial charge on any atom is -1.00 e. The van der Waals surface area contributed by atoms with Crippen molar-refractivity contribution in [2.45, 2.75) is 6.54 Å². The number of halogens is 1. The third-order valence-electron chi connectivity index (χ3n) is 5.30. The van der Waals surface area contributed by atoms with Crippen LogP contribution in [0.2, 0.25) is 0 Å². The molecule has 0 aliphatic rings. The van der Waals surface area contributed by atoms with Crippen LogP contribution >= 0.6 is 7.26 Å². The number of carbonyl (C=O) groups is 1. The van der Waals surface area contributed by atoms with E-state index in [0.717, 1.165) is 5.56 Å². The Hall–Kier alpha value is -2.93. The smallest absolute Gasteiger partial charge is 0.259 e. The second-order valence-corrected chi connectivity index (χ2v) is 10.7. The van der Waals surface area contributed by atoms with Gasteiger partial charge in [0.1, 0.15) is 23.2 Å². The van der Waals surface area contributed by atoms with E-state index in [9.17, 15) is 4.79 Å². The predicted molar refractivity (Wildman–Crippen MR) is 128 cm³/mol. The van der Waals surface area contributed by atoms with Crippen LogP contribution in [0.15, 0.2) is 121 Å². The van der Waals surface area contributed by atoms with Gasteiger partial charge in [-0.15, -0.1) is 0 Å². The number of benzene rings is 4. The van der Waals surface area contributed by atoms with E-state index in [1.807, 2.05) is 48.5 Å². The fourth-order valence-electron chi connectivity index (χ4n) is 3.84. The predicted octanol–water partition coefficient (Wildman–Crippen LogP) is 1.30. The molecule has 0 aromatic heterocycles. The zero-order valence-corrected chi connectivity index (χ0v) is 18.8. The van der Waals surface area contributed by atoms with Gasteiger partial charge >= 0.3 is 0 Å². The van der Waals surface area contributed by atoms with Crippen LogP contribution < -0.4 is 33.6 Å². The van der Waals surface area contributed by atoms with Gasteiger partial charge in [0.2, 0.25) is 0 Å². The highest BCUT2D eigenvalue weighted by Gasteiger charge is 2.47. The van der Waals surface area contributed by atoms with Crippen molar-refractivity contribution in [3.63, 3.8) is 0 Å². The average molecular weight is 446 g/mol. The van der Waals surface area contributed by atoms with Gasteiger partial charge in [-0.25, -0.2) is 0 Å². The van der Waals surface area contributed by atoms with Gasteiger partial charge < -0.3 is 17.7 Å². The zero-order valence-electron chi connectivity index (χ0n) is 17.2. The van der Waals surface area contributed by atoms with Gasteiger partial charge in [0.05, 0.1) is 0 Å². The molecule has 0 aliphatic carbocycles. The molecule has 4 aromatic carbocycles.